The minimum atomic E-state index is -1.01. The number of carbonyl (C=O) groups is 6. The van der Waals surface area contributed by atoms with E-state index in [9.17, 15) is 38.9 Å². The lowest BCUT2D eigenvalue weighted by molar-refractivity contribution is -0.385. The van der Waals surface area contributed by atoms with Crippen LogP contribution in [0.25, 0.3) is 0 Å². The summed E-state index contributed by atoms with van der Waals surface area (Å²) >= 11 is 0. The molecule has 0 aliphatic carbocycles. The van der Waals surface area contributed by atoms with Gasteiger partial charge in [0.05, 0.1) is 30.5 Å². The molecule has 2 aromatic carbocycles. The highest BCUT2D eigenvalue weighted by Crippen LogP contribution is 2.22. The van der Waals surface area contributed by atoms with Gasteiger partial charge in [-0.1, -0.05) is 42.5 Å². The Hall–Kier alpha value is -5.68. The quantitative estimate of drug-likeness (QED) is 0.112. The van der Waals surface area contributed by atoms with Crippen LogP contribution in [0.1, 0.15) is 42.4 Å². The fourth-order valence-corrected chi connectivity index (χ4v) is 6.30. The summed E-state index contributed by atoms with van der Waals surface area (Å²) in [7, 11) is 0. The monoisotopic (exact) mass is 748 g/mol. The van der Waals surface area contributed by atoms with Crippen LogP contribution in [0.15, 0.2) is 60.7 Å². The van der Waals surface area contributed by atoms with Crippen molar-refractivity contribution in [2.75, 3.05) is 45.9 Å². The summed E-state index contributed by atoms with van der Waals surface area (Å²) in [4.78, 5) is 91.7. The third-order valence-electron chi connectivity index (χ3n) is 9.05. The number of nitrogens with zero attached hydrogens (tertiary/aromatic N) is 2. The highest BCUT2D eigenvalue weighted by atomic mass is 16.6. The van der Waals surface area contributed by atoms with Gasteiger partial charge in [-0.15, -0.1) is 0 Å². The van der Waals surface area contributed by atoms with E-state index in [-0.39, 0.29) is 64.2 Å². The van der Waals surface area contributed by atoms with Crippen molar-refractivity contribution < 1.29 is 38.4 Å². The van der Waals surface area contributed by atoms with E-state index < -0.39 is 58.4 Å². The average Bonchev–Trinajstić information content (AvgIpc) is 3.15. The van der Waals surface area contributed by atoms with Crippen molar-refractivity contribution in [2.45, 2.75) is 57.2 Å². The normalized spacial score (nSPS) is 21.4. The van der Waals surface area contributed by atoms with E-state index in [1.54, 1.807) is 36.4 Å². The number of amides is 6. The van der Waals surface area contributed by atoms with Crippen LogP contribution in [-0.4, -0.2) is 103 Å². The third kappa shape index (κ3) is 13.1. The summed E-state index contributed by atoms with van der Waals surface area (Å²) in [6.45, 7) is 1.52. The molecule has 1 saturated heterocycles. The number of rotatable bonds is 9. The molecule has 17 nitrogen and oxygen atoms in total. The lowest BCUT2D eigenvalue weighted by Gasteiger charge is -2.32. The second kappa shape index (κ2) is 21.1. The number of piperidine rings is 1. The molecule has 290 valence electrons. The van der Waals surface area contributed by atoms with Crippen LogP contribution in [0.4, 0.5) is 5.69 Å². The van der Waals surface area contributed by atoms with E-state index in [0.29, 0.717) is 49.2 Å². The van der Waals surface area contributed by atoms with Crippen molar-refractivity contribution >= 4 is 41.1 Å². The fraction of sp³-hybridized carbons (Fsp3) is 0.459. The molecule has 2 aliphatic rings. The van der Waals surface area contributed by atoms with Crippen LogP contribution in [0.2, 0.25) is 0 Å². The van der Waals surface area contributed by atoms with E-state index in [0.717, 1.165) is 12.2 Å². The molecule has 4 rings (SSSR count). The van der Waals surface area contributed by atoms with Gasteiger partial charge in [-0.3, -0.25) is 38.9 Å². The minimum absolute atomic E-state index is 0.00128. The largest absolute Gasteiger partial charge is 0.378 e. The van der Waals surface area contributed by atoms with Gasteiger partial charge in [0, 0.05) is 75.5 Å². The van der Waals surface area contributed by atoms with Gasteiger partial charge in [0.25, 0.3) is 5.69 Å². The summed E-state index contributed by atoms with van der Waals surface area (Å²) in [6.07, 6.45) is 2.89. The van der Waals surface area contributed by atoms with Crippen molar-refractivity contribution in [3.8, 4) is 0 Å². The number of benzene rings is 2. The number of carbonyl (C=O) groups excluding carboxylic acids is 6. The van der Waals surface area contributed by atoms with Gasteiger partial charge < -0.3 is 42.0 Å². The Bertz CT molecular complexity index is 1700. The number of ether oxygens (including phenoxy) is 1. The molecule has 0 spiro atoms. The molecule has 1 fully saturated rings. The molecule has 6 amide bonds. The van der Waals surface area contributed by atoms with Gasteiger partial charge in [-0.2, -0.15) is 0 Å². The molecule has 2 heterocycles. The first kappa shape index (κ1) is 41.1. The van der Waals surface area contributed by atoms with Crippen LogP contribution in [0.5, 0.6) is 0 Å². The summed E-state index contributed by atoms with van der Waals surface area (Å²) in [5.41, 5.74) is 6.86. The Morgan fingerprint density at radius 2 is 1.70 bits per heavy atom. The van der Waals surface area contributed by atoms with E-state index in [4.69, 9.17) is 10.5 Å². The number of fused-ring (bicyclic) bond motifs is 3. The molecule has 0 aromatic heterocycles. The van der Waals surface area contributed by atoms with Crippen LogP contribution >= 0.6 is 0 Å². The maximum atomic E-state index is 13.6. The van der Waals surface area contributed by atoms with Gasteiger partial charge in [-0.05, 0) is 36.8 Å². The standard InChI is InChI=1S/C37H48N8O9/c38-14-18-54-19-16-40-37(51)30-13-15-39-32(46)11-12-35(49)44-17-5-9-28(24-44)36(50)42-29(20-26-7-3-4-10-31(26)45(52)53)22-33(47)41-23-27-8-2-1-6-25(27)21-34(48)43-30/h1-4,6-8,10-12,28-30H,5,9,13-24,38H2,(H,39,46)(H,40,51)(H,41,47)(H,42,50)(H,43,48)/b12-11+/t28-,29+,30+/m1/s1. The molecule has 0 saturated carbocycles. The molecule has 0 unspecified atom stereocenters. The molecule has 2 bridgehead atoms. The minimum Gasteiger partial charge on any atom is -0.378 e. The Labute approximate surface area is 312 Å². The number of para-hydroxylation sites is 1. The summed E-state index contributed by atoms with van der Waals surface area (Å²) in [5.74, 6) is -3.47. The van der Waals surface area contributed by atoms with Crippen LogP contribution in [-0.2, 0) is 52.9 Å². The summed E-state index contributed by atoms with van der Waals surface area (Å²) in [6, 6.07) is 11.2. The first-order chi connectivity index (χ1) is 26.0. The molecule has 2 aromatic rings. The summed E-state index contributed by atoms with van der Waals surface area (Å²) < 4.78 is 5.31. The van der Waals surface area contributed by atoms with Crippen molar-refractivity contribution in [2.24, 2.45) is 11.7 Å². The Morgan fingerprint density at radius 3 is 2.48 bits per heavy atom. The molecule has 17 heteroatoms. The summed E-state index contributed by atoms with van der Waals surface area (Å²) in [5, 5.41) is 25.6. The predicted octanol–water partition coefficient (Wildman–Crippen LogP) is -0.238. The fourth-order valence-electron chi connectivity index (χ4n) is 6.30. The van der Waals surface area contributed by atoms with Crippen LogP contribution in [0.3, 0.4) is 0 Å². The molecule has 54 heavy (non-hydrogen) atoms. The zero-order valence-corrected chi connectivity index (χ0v) is 30.1. The van der Waals surface area contributed by atoms with Crippen molar-refractivity contribution in [3.63, 3.8) is 0 Å². The molecule has 3 atom stereocenters. The highest BCUT2D eigenvalue weighted by Gasteiger charge is 2.30. The van der Waals surface area contributed by atoms with Gasteiger partial charge >= 0.3 is 0 Å². The average molecular weight is 749 g/mol. The zero-order valence-electron chi connectivity index (χ0n) is 30.1. The lowest BCUT2D eigenvalue weighted by atomic mass is 9.95. The molecule has 2 aliphatic heterocycles. The lowest BCUT2D eigenvalue weighted by Crippen LogP contribution is -2.49. The second-order valence-electron chi connectivity index (χ2n) is 13.1. The highest BCUT2D eigenvalue weighted by molar-refractivity contribution is 5.97. The number of nitrogens with one attached hydrogen (secondary N) is 5. The van der Waals surface area contributed by atoms with Crippen molar-refractivity contribution in [1.82, 2.24) is 31.5 Å². The number of nitro groups is 1. The Morgan fingerprint density at radius 1 is 0.944 bits per heavy atom. The van der Waals surface area contributed by atoms with Crippen LogP contribution < -0.4 is 32.3 Å². The van der Waals surface area contributed by atoms with E-state index in [1.807, 2.05) is 0 Å². The number of nitrogens with two attached hydrogens (primary N) is 1. The van der Waals surface area contributed by atoms with Gasteiger partial charge in [0.2, 0.25) is 35.4 Å². The number of nitro benzene ring substituents is 1. The smallest absolute Gasteiger partial charge is 0.272 e. The molecule has 7 N–H and O–H groups in total. The first-order valence-corrected chi connectivity index (χ1v) is 18.0. The SMILES string of the molecule is NCCOCCNC(=O)[C@@H]1CCNC(=O)/C=C/C(=O)N2CCC[C@H](C2)C(=O)N[C@@H](Cc2ccccc2[N+](=O)[O-])CC(=O)NCc2ccccc2CC(=O)N1. The van der Waals surface area contributed by atoms with Crippen molar-refractivity contribution in [1.29, 1.82) is 0 Å². The van der Waals surface area contributed by atoms with Crippen molar-refractivity contribution in [3.05, 3.63) is 87.5 Å². The van der Waals surface area contributed by atoms with E-state index in [1.165, 1.54) is 17.0 Å². The predicted molar refractivity (Wildman–Crippen MR) is 196 cm³/mol. The van der Waals surface area contributed by atoms with E-state index >= 15 is 0 Å². The zero-order chi connectivity index (χ0) is 38.9. The van der Waals surface area contributed by atoms with Gasteiger partial charge in [-0.25, -0.2) is 0 Å². The number of hydrogen-bond acceptors (Lipinski definition) is 10. The molecular formula is C37H48N8O9. The molecular weight excluding hydrogens is 700 g/mol. The maximum Gasteiger partial charge on any atom is 0.272 e. The molecule has 0 radical (unpaired) electrons. The van der Waals surface area contributed by atoms with Gasteiger partial charge in [0.1, 0.15) is 6.04 Å². The van der Waals surface area contributed by atoms with Crippen LogP contribution in [0, 0.1) is 16.0 Å². The third-order valence-corrected chi connectivity index (χ3v) is 9.05. The second-order valence-corrected chi connectivity index (χ2v) is 13.1. The first-order valence-electron chi connectivity index (χ1n) is 18.0. The Kier molecular flexibility index (Phi) is 16.1. The topological polar surface area (TPSA) is 244 Å². The Balaban J connectivity index is 1.57. The van der Waals surface area contributed by atoms with Gasteiger partial charge in [0.15, 0.2) is 0 Å². The van der Waals surface area contributed by atoms with E-state index in [2.05, 4.69) is 26.6 Å². The maximum absolute atomic E-state index is 13.6. The number of hydrogen-bond donors (Lipinski definition) is 6.